The van der Waals surface area contributed by atoms with Gasteiger partial charge in [0.15, 0.2) is 0 Å². The normalized spacial score (nSPS) is 15.5. The fourth-order valence-electron chi connectivity index (χ4n) is 5.06. The molecule has 0 spiro atoms. The van der Waals surface area contributed by atoms with Crippen molar-refractivity contribution in [2.45, 2.75) is 96.9 Å². The summed E-state index contributed by atoms with van der Waals surface area (Å²) in [5, 5.41) is 26.5. The minimum Gasteiger partial charge on any atom is -0.508 e. The predicted molar refractivity (Wildman–Crippen MR) is 153 cm³/mol. The van der Waals surface area contributed by atoms with E-state index in [1.165, 1.54) is 17.0 Å². The Morgan fingerprint density at radius 3 is 2.27 bits per heavy atom. The predicted octanol–water partition coefficient (Wildman–Crippen LogP) is 4.88. The van der Waals surface area contributed by atoms with Gasteiger partial charge in [-0.15, -0.1) is 0 Å². The molecule has 0 aromatic heterocycles. The first-order valence-electron chi connectivity index (χ1n) is 14.1. The molecule has 9 nitrogen and oxygen atoms in total. The summed E-state index contributed by atoms with van der Waals surface area (Å²) in [5.74, 6) is -0.834. The van der Waals surface area contributed by atoms with E-state index in [2.05, 4.69) is 10.6 Å². The Bertz CT molecular complexity index is 1170. The molecule has 1 aliphatic carbocycles. The summed E-state index contributed by atoms with van der Waals surface area (Å²) in [6.07, 6.45) is 4.24. The molecule has 1 aliphatic rings. The number of phenolic OH excluding ortho intramolecular Hbond substituents is 2. The number of carbonyl (C=O) groups is 3. The molecule has 2 aromatic carbocycles. The molecule has 2 atom stereocenters. The maximum absolute atomic E-state index is 14.2. The monoisotopic (exact) mass is 553 g/mol. The number of amides is 3. The maximum Gasteiger partial charge on any atom is 0.408 e. The van der Waals surface area contributed by atoms with E-state index in [9.17, 15) is 24.6 Å². The highest BCUT2D eigenvalue weighted by atomic mass is 16.6. The Morgan fingerprint density at radius 1 is 1.02 bits per heavy atom. The van der Waals surface area contributed by atoms with Crippen molar-refractivity contribution in [3.05, 3.63) is 59.2 Å². The molecule has 0 bridgehead atoms. The molecule has 9 heteroatoms. The van der Waals surface area contributed by atoms with Crippen LogP contribution in [0, 0.1) is 6.92 Å². The third kappa shape index (κ3) is 8.37. The van der Waals surface area contributed by atoms with E-state index in [4.69, 9.17) is 4.74 Å². The molecule has 1 fully saturated rings. The molecule has 2 unspecified atom stereocenters. The maximum atomic E-state index is 14.2. The van der Waals surface area contributed by atoms with Crippen LogP contribution in [-0.4, -0.2) is 57.3 Å². The summed E-state index contributed by atoms with van der Waals surface area (Å²) in [7, 11) is 0. The number of ether oxygens (including phenoxy) is 1. The van der Waals surface area contributed by atoms with E-state index in [-0.39, 0.29) is 36.4 Å². The highest BCUT2D eigenvalue weighted by molar-refractivity contribution is 5.93. The van der Waals surface area contributed by atoms with Gasteiger partial charge in [-0.2, -0.15) is 0 Å². The minimum absolute atomic E-state index is 0.00260. The molecule has 0 radical (unpaired) electrons. The molecule has 218 valence electrons. The number of nitrogens with one attached hydrogen (secondary N) is 2. The van der Waals surface area contributed by atoms with Gasteiger partial charge < -0.3 is 30.5 Å². The SMILES string of the molecule is CCN(C(=O)C(Cc1ccc(O)cc1)NC(=O)OC(C)(C)C)C(C(=O)NC1CCCCC1)c1cccc(C)c1O. The quantitative estimate of drug-likeness (QED) is 0.350. The van der Waals surface area contributed by atoms with Gasteiger partial charge in [-0.05, 0) is 70.7 Å². The van der Waals surface area contributed by atoms with E-state index in [1.807, 2.05) is 0 Å². The third-order valence-electron chi connectivity index (χ3n) is 7.06. The van der Waals surface area contributed by atoms with Crippen molar-refractivity contribution >= 4 is 17.9 Å². The highest BCUT2D eigenvalue weighted by Crippen LogP contribution is 2.33. The molecule has 40 heavy (non-hydrogen) atoms. The lowest BCUT2D eigenvalue weighted by Gasteiger charge is -2.35. The number of aromatic hydroxyl groups is 2. The van der Waals surface area contributed by atoms with Crippen LogP contribution in [0.1, 0.15) is 82.5 Å². The van der Waals surface area contributed by atoms with Crippen LogP contribution in [0.4, 0.5) is 4.79 Å². The molecule has 3 rings (SSSR count). The van der Waals surface area contributed by atoms with Gasteiger partial charge in [-0.25, -0.2) is 4.79 Å². The van der Waals surface area contributed by atoms with Crippen molar-refractivity contribution in [2.24, 2.45) is 0 Å². The topological polar surface area (TPSA) is 128 Å². The number of para-hydroxylation sites is 1. The summed E-state index contributed by atoms with van der Waals surface area (Å²) in [6.45, 7) is 8.84. The Balaban J connectivity index is 1.99. The van der Waals surface area contributed by atoms with Crippen molar-refractivity contribution in [3.63, 3.8) is 0 Å². The van der Waals surface area contributed by atoms with Crippen molar-refractivity contribution < 1.29 is 29.3 Å². The number of hydrogen-bond acceptors (Lipinski definition) is 6. The van der Waals surface area contributed by atoms with Gasteiger partial charge in [0.05, 0.1) is 0 Å². The fourth-order valence-corrected chi connectivity index (χ4v) is 5.06. The number of benzene rings is 2. The summed E-state index contributed by atoms with van der Waals surface area (Å²) in [5.41, 5.74) is 0.828. The number of nitrogens with zero attached hydrogens (tertiary/aromatic N) is 1. The van der Waals surface area contributed by atoms with E-state index in [1.54, 1.807) is 65.0 Å². The molecule has 1 saturated carbocycles. The van der Waals surface area contributed by atoms with Gasteiger partial charge in [0, 0.05) is 24.6 Å². The minimum atomic E-state index is -1.11. The van der Waals surface area contributed by atoms with Crippen LogP contribution < -0.4 is 10.6 Å². The van der Waals surface area contributed by atoms with Gasteiger partial charge >= 0.3 is 6.09 Å². The zero-order valence-corrected chi connectivity index (χ0v) is 24.2. The molecular formula is C31H43N3O6. The van der Waals surface area contributed by atoms with Gasteiger partial charge in [-0.1, -0.05) is 49.6 Å². The number of alkyl carbamates (subject to hydrolysis) is 1. The number of aryl methyl sites for hydroxylation is 1. The van der Waals surface area contributed by atoms with Crippen LogP contribution in [0.15, 0.2) is 42.5 Å². The lowest BCUT2D eigenvalue weighted by atomic mass is 9.94. The summed E-state index contributed by atoms with van der Waals surface area (Å²) in [6, 6.07) is 9.31. The van der Waals surface area contributed by atoms with Crippen LogP contribution in [0.2, 0.25) is 0 Å². The summed E-state index contributed by atoms with van der Waals surface area (Å²) >= 11 is 0. The highest BCUT2D eigenvalue weighted by Gasteiger charge is 2.37. The standard InChI is InChI=1S/C31H43N3O6/c1-6-34(26(24-14-10-11-20(2)27(24)36)28(37)32-22-12-8-7-9-13-22)29(38)25(33-30(39)40-31(3,4)5)19-21-15-17-23(35)18-16-21/h10-11,14-18,22,25-26,35-36H,6-9,12-13,19H2,1-5H3,(H,32,37)(H,33,39). The van der Waals surface area contributed by atoms with Gasteiger partial charge in [0.2, 0.25) is 11.8 Å². The second-order valence-electron chi connectivity index (χ2n) is 11.5. The zero-order valence-electron chi connectivity index (χ0n) is 24.2. The first-order chi connectivity index (χ1) is 18.9. The van der Waals surface area contributed by atoms with Crippen molar-refractivity contribution in [1.29, 1.82) is 0 Å². The van der Waals surface area contributed by atoms with Crippen LogP contribution >= 0.6 is 0 Å². The Labute approximate surface area is 236 Å². The smallest absolute Gasteiger partial charge is 0.408 e. The third-order valence-corrected chi connectivity index (χ3v) is 7.06. The average molecular weight is 554 g/mol. The van der Waals surface area contributed by atoms with E-state index in [0.717, 1.165) is 32.1 Å². The number of likely N-dealkylation sites (N-methyl/N-ethyl adjacent to an activating group) is 1. The Hall–Kier alpha value is -3.75. The van der Waals surface area contributed by atoms with E-state index >= 15 is 0 Å². The molecule has 2 aromatic rings. The van der Waals surface area contributed by atoms with Crippen LogP contribution in [0.3, 0.4) is 0 Å². The molecular weight excluding hydrogens is 510 g/mol. The number of phenols is 2. The fraction of sp³-hybridized carbons (Fsp3) is 0.516. The first-order valence-corrected chi connectivity index (χ1v) is 14.1. The van der Waals surface area contributed by atoms with Gasteiger partial charge in [0.25, 0.3) is 0 Å². The molecule has 0 heterocycles. The van der Waals surface area contributed by atoms with Crippen LogP contribution in [0.25, 0.3) is 0 Å². The van der Waals surface area contributed by atoms with Gasteiger partial charge in [-0.3, -0.25) is 9.59 Å². The molecule has 0 saturated heterocycles. The largest absolute Gasteiger partial charge is 0.508 e. The lowest BCUT2D eigenvalue weighted by Crippen LogP contribution is -2.54. The van der Waals surface area contributed by atoms with Crippen molar-refractivity contribution in [1.82, 2.24) is 15.5 Å². The Kier molecular flexibility index (Phi) is 10.4. The number of rotatable bonds is 9. The molecule has 4 N–H and O–H groups in total. The molecule has 0 aliphatic heterocycles. The summed E-state index contributed by atoms with van der Waals surface area (Å²) < 4.78 is 5.44. The average Bonchev–Trinajstić information content (AvgIpc) is 2.89. The van der Waals surface area contributed by atoms with Gasteiger partial charge in [0.1, 0.15) is 29.2 Å². The Morgan fingerprint density at radius 2 is 1.68 bits per heavy atom. The second kappa shape index (κ2) is 13.5. The van der Waals surface area contributed by atoms with Crippen molar-refractivity contribution in [3.8, 4) is 11.5 Å². The lowest BCUT2D eigenvalue weighted by molar-refractivity contribution is -0.142. The van der Waals surface area contributed by atoms with E-state index < -0.39 is 29.7 Å². The molecule has 3 amide bonds. The van der Waals surface area contributed by atoms with Crippen LogP contribution in [-0.2, 0) is 20.7 Å². The number of carbonyl (C=O) groups excluding carboxylic acids is 3. The number of hydrogen-bond donors (Lipinski definition) is 4. The zero-order chi connectivity index (χ0) is 29.4. The van der Waals surface area contributed by atoms with Crippen LogP contribution in [0.5, 0.6) is 11.5 Å². The van der Waals surface area contributed by atoms with E-state index in [0.29, 0.717) is 16.7 Å². The first kappa shape index (κ1) is 30.8. The summed E-state index contributed by atoms with van der Waals surface area (Å²) in [4.78, 5) is 42.3. The van der Waals surface area contributed by atoms with Crippen molar-refractivity contribution in [2.75, 3.05) is 6.54 Å². The second-order valence-corrected chi connectivity index (χ2v) is 11.5.